The number of ether oxygens (including phenoxy) is 1. The number of halogens is 2. The second-order valence-corrected chi connectivity index (χ2v) is 16.1. The molecular weight excluding hydrogens is 657 g/mol. The molecule has 2 bridgehead atoms. The van der Waals surface area contributed by atoms with E-state index in [0.717, 1.165) is 19.0 Å². The molecule has 2 aromatic rings. The van der Waals surface area contributed by atoms with Gasteiger partial charge in [0, 0.05) is 54.8 Å². The zero-order valence-corrected chi connectivity index (χ0v) is 27.7. The largest absolute Gasteiger partial charge is 0.456 e. The number of Topliss-reactive ketones (excluding diaryl/α,β-unsaturated/α-hetero) is 1. The molecule has 16 heteroatoms. The summed E-state index contributed by atoms with van der Waals surface area (Å²) in [5.41, 5.74) is -1.46. The molecule has 2 atom stereocenters. The SMILES string of the molecule is CC1(C)C2CCC1(CS(=O)(=O)O)C(=O)C2.CCN1CCN(S(=O)(=O)c2cc([N+](=O)[O-])ccc2Oc2cc(Cl)cc(Cl)c2)CC1. The highest BCUT2D eigenvalue weighted by molar-refractivity contribution is 7.89. The number of likely N-dealkylation sites (N-methyl/N-ethyl adjacent to an activating group) is 1. The van der Waals surface area contributed by atoms with E-state index in [4.69, 9.17) is 32.5 Å². The van der Waals surface area contributed by atoms with Crippen molar-refractivity contribution >= 4 is 54.8 Å². The molecule has 1 saturated heterocycles. The Labute approximate surface area is 267 Å². The van der Waals surface area contributed by atoms with Crippen LogP contribution in [0.1, 0.15) is 40.0 Å². The van der Waals surface area contributed by atoms with Crippen molar-refractivity contribution in [2.45, 2.75) is 44.9 Å². The van der Waals surface area contributed by atoms with E-state index in [1.165, 1.54) is 34.6 Å². The Morgan fingerprint density at radius 2 is 1.66 bits per heavy atom. The molecule has 1 aliphatic heterocycles. The minimum atomic E-state index is -4.08. The number of nitrogens with zero attached hydrogens (tertiary/aromatic N) is 3. The molecule has 0 amide bonds. The van der Waals surface area contributed by atoms with E-state index in [0.29, 0.717) is 49.1 Å². The maximum absolute atomic E-state index is 13.3. The van der Waals surface area contributed by atoms with Crippen molar-refractivity contribution in [1.29, 1.82) is 0 Å². The molecular formula is C28H35Cl2N3O9S2. The van der Waals surface area contributed by atoms with Crippen LogP contribution in [0.15, 0.2) is 41.3 Å². The lowest BCUT2D eigenvalue weighted by atomic mass is 9.70. The molecule has 242 valence electrons. The van der Waals surface area contributed by atoms with Gasteiger partial charge in [-0.15, -0.1) is 0 Å². The van der Waals surface area contributed by atoms with Crippen molar-refractivity contribution in [3.05, 3.63) is 56.6 Å². The maximum atomic E-state index is 13.3. The minimum Gasteiger partial charge on any atom is -0.456 e. The second kappa shape index (κ2) is 12.8. The molecule has 0 radical (unpaired) electrons. The zero-order valence-electron chi connectivity index (χ0n) is 24.5. The van der Waals surface area contributed by atoms with Crippen molar-refractivity contribution in [2.75, 3.05) is 38.5 Å². The third-order valence-electron chi connectivity index (χ3n) is 9.17. The maximum Gasteiger partial charge on any atom is 0.271 e. The first kappa shape index (κ1) is 34.5. The quantitative estimate of drug-likeness (QED) is 0.218. The zero-order chi connectivity index (χ0) is 32.7. The van der Waals surface area contributed by atoms with E-state index in [1.807, 2.05) is 20.8 Å². The second-order valence-electron chi connectivity index (χ2n) is 11.8. The van der Waals surface area contributed by atoms with Gasteiger partial charge in [0.25, 0.3) is 15.8 Å². The molecule has 2 aliphatic carbocycles. The molecule has 1 N–H and O–H groups in total. The number of hydrogen-bond acceptors (Lipinski definition) is 9. The summed E-state index contributed by atoms with van der Waals surface area (Å²) in [5.74, 6) is 0.0890. The molecule has 0 spiro atoms. The predicted molar refractivity (Wildman–Crippen MR) is 165 cm³/mol. The predicted octanol–water partition coefficient (Wildman–Crippen LogP) is 5.29. The fourth-order valence-corrected chi connectivity index (χ4v) is 9.82. The van der Waals surface area contributed by atoms with Gasteiger partial charge >= 0.3 is 0 Å². The molecule has 3 aliphatic rings. The number of nitro groups is 1. The van der Waals surface area contributed by atoms with Gasteiger partial charge in [0.05, 0.1) is 16.1 Å². The Balaban J connectivity index is 0.000000246. The van der Waals surface area contributed by atoms with Gasteiger partial charge in [-0.3, -0.25) is 19.5 Å². The standard InChI is InChI=1S/C18H19Cl2N3O5S.C10H16O4S/c1-2-21-5-7-22(8-6-21)29(26,27)18-12-15(23(24)25)3-4-17(18)28-16-10-13(19)9-14(20)11-16;1-9(2)7-3-4-10(9,8(11)5-7)6-15(12,13)14/h3-4,9-12H,2,5-8H2,1H3;7H,3-6H2,1-2H3,(H,12,13,14). The highest BCUT2D eigenvalue weighted by atomic mass is 35.5. The number of hydrogen-bond donors (Lipinski definition) is 1. The average Bonchev–Trinajstić information content (AvgIpc) is 3.26. The number of non-ortho nitro benzene ring substituents is 1. The van der Waals surface area contributed by atoms with Gasteiger partial charge in [-0.05, 0) is 55.0 Å². The first-order valence-corrected chi connectivity index (χ1v) is 17.8. The van der Waals surface area contributed by atoms with Crippen LogP contribution in [-0.2, 0) is 24.9 Å². The Morgan fingerprint density at radius 3 is 2.14 bits per heavy atom. The molecule has 2 aromatic carbocycles. The van der Waals surface area contributed by atoms with Crippen LogP contribution in [0.3, 0.4) is 0 Å². The van der Waals surface area contributed by atoms with Crippen molar-refractivity contribution < 1.29 is 35.8 Å². The van der Waals surface area contributed by atoms with E-state index < -0.39 is 36.2 Å². The first-order valence-electron chi connectivity index (χ1n) is 14.0. The lowest BCUT2D eigenvalue weighted by molar-refractivity contribution is -0.385. The monoisotopic (exact) mass is 691 g/mol. The molecule has 2 unspecified atom stereocenters. The molecule has 0 aromatic heterocycles. The number of benzene rings is 2. The number of fused-ring (bicyclic) bond motifs is 2. The average molecular weight is 693 g/mol. The van der Waals surface area contributed by atoms with E-state index in [9.17, 15) is 31.7 Å². The fraction of sp³-hybridized carbons (Fsp3) is 0.536. The molecule has 3 fully saturated rings. The van der Waals surface area contributed by atoms with Crippen LogP contribution in [0.4, 0.5) is 5.69 Å². The summed E-state index contributed by atoms with van der Waals surface area (Å²) in [6.45, 7) is 8.49. The van der Waals surface area contributed by atoms with Crippen molar-refractivity contribution in [3.8, 4) is 11.5 Å². The summed E-state index contributed by atoms with van der Waals surface area (Å²) in [6, 6.07) is 7.94. The van der Waals surface area contributed by atoms with Crippen LogP contribution in [0.5, 0.6) is 11.5 Å². The normalized spacial score (nSPS) is 23.7. The summed E-state index contributed by atoms with van der Waals surface area (Å²) >= 11 is 12.0. The molecule has 1 heterocycles. The number of sulfonamides is 1. The topological polar surface area (TPSA) is 164 Å². The highest BCUT2D eigenvalue weighted by Crippen LogP contribution is 2.64. The van der Waals surface area contributed by atoms with Gasteiger partial charge in [0.1, 0.15) is 22.2 Å². The Hall–Kier alpha value is -2.33. The highest BCUT2D eigenvalue weighted by Gasteiger charge is 2.65. The van der Waals surface area contributed by atoms with E-state index in [1.54, 1.807) is 0 Å². The van der Waals surface area contributed by atoms with Crippen LogP contribution >= 0.6 is 23.2 Å². The van der Waals surface area contributed by atoms with Crippen LogP contribution in [-0.4, -0.2) is 79.8 Å². The van der Waals surface area contributed by atoms with Gasteiger partial charge in [0.2, 0.25) is 10.0 Å². The Morgan fingerprint density at radius 1 is 1.05 bits per heavy atom. The smallest absolute Gasteiger partial charge is 0.271 e. The molecule has 5 rings (SSSR count). The van der Waals surface area contributed by atoms with Crippen LogP contribution in [0, 0.1) is 26.9 Å². The van der Waals surface area contributed by atoms with Gasteiger partial charge in [-0.25, -0.2) is 8.42 Å². The summed E-state index contributed by atoms with van der Waals surface area (Å²) in [5, 5.41) is 11.8. The van der Waals surface area contributed by atoms with Crippen LogP contribution < -0.4 is 4.74 Å². The number of rotatable bonds is 8. The Kier molecular flexibility index (Phi) is 10.1. The van der Waals surface area contributed by atoms with Crippen molar-refractivity contribution in [3.63, 3.8) is 0 Å². The summed E-state index contributed by atoms with van der Waals surface area (Å²) < 4.78 is 64.5. The number of nitro benzene ring substituents is 1. The van der Waals surface area contributed by atoms with Gasteiger partial charge < -0.3 is 9.64 Å². The van der Waals surface area contributed by atoms with Gasteiger partial charge in [-0.2, -0.15) is 12.7 Å². The van der Waals surface area contributed by atoms with Gasteiger partial charge in [-0.1, -0.05) is 44.0 Å². The third kappa shape index (κ3) is 7.06. The number of carbonyl (C=O) groups is 1. The fourth-order valence-electron chi connectivity index (χ4n) is 6.46. The molecule has 44 heavy (non-hydrogen) atoms. The number of piperazine rings is 1. The number of ketones is 1. The Bertz CT molecular complexity index is 1640. The minimum absolute atomic E-state index is 0.0152. The lowest BCUT2D eigenvalue weighted by Crippen LogP contribution is -2.48. The van der Waals surface area contributed by atoms with Crippen molar-refractivity contribution in [2.24, 2.45) is 16.7 Å². The van der Waals surface area contributed by atoms with Gasteiger partial charge in [0.15, 0.2) is 0 Å². The lowest BCUT2D eigenvalue weighted by Gasteiger charge is -2.35. The third-order valence-corrected chi connectivity index (χ3v) is 12.4. The summed E-state index contributed by atoms with van der Waals surface area (Å²) in [7, 11) is -8.09. The van der Waals surface area contributed by atoms with Crippen LogP contribution in [0.25, 0.3) is 0 Å². The summed E-state index contributed by atoms with van der Waals surface area (Å²) in [4.78, 5) is 24.3. The van der Waals surface area contributed by atoms with E-state index >= 15 is 0 Å². The first-order chi connectivity index (χ1) is 20.4. The van der Waals surface area contributed by atoms with Crippen molar-refractivity contribution in [1.82, 2.24) is 9.21 Å². The van der Waals surface area contributed by atoms with E-state index in [-0.39, 0.29) is 39.2 Å². The molecule has 12 nitrogen and oxygen atoms in total. The summed E-state index contributed by atoms with van der Waals surface area (Å²) in [6.07, 6.45) is 1.97. The number of carbonyl (C=O) groups excluding carboxylic acids is 1. The van der Waals surface area contributed by atoms with Crippen LogP contribution in [0.2, 0.25) is 10.0 Å². The molecule has 2 saturated carbocycles. The van der Waals surface area contributed by atoms with E-state index in [2.05, 4.69) is 4.90 Å².